The average Bonchev–Trinajstić information content (AvgIpc) is 2.72. The van der Waals surface area contributed by atoms with Gasteiger partial charge in [0, 0.05) is 12.6 Å². The molecule has 0 aromatic heterocycles. The topological polar surface area (TPSA) is 72.0 Å². The van der Waals surface area contributed by atoms with Crippen LogP contribution in [-0.4, -0.2) is 25.8 Å². The molecular formula is C21H23ClF3N3O3. The number of likely N-dealkylation sites (N-methyl/N-ethyl adjacent to an activating group) is 1. The van der Waals surface area contributed by atoms with Crippen molar-refractivity contribution in [2.75, 3.05) is 14.2 Å². The van der Waals surface area contributed by atoms with Crippen molar-refractivity contribution < 1.29 is 27.6 Å². The van der Waals surface area contributed by atoms with E-state index in [2.05, 4.69) is 16.0 Å². The Balaban J connectivity index is 2.27. The number of hydrogen-bond acceptors (Lipinski definition) is 5. The Kier molecular flexibility index (Phi) is 8.43. The number of benzene rings is 2. The molecule has 0 aliphatic carbocycles. The first-order valence-electron chi connectivity index (χ1n) is 9.22. The highest BCUT2D eigenvalue weighted by atomic mass is 35.5. The van der Waals surface area contributed by atoms with E-state index in [1.807, 2.05) is 13.0 Å². The van der Waals surface area contributed by atoms with Crippen LogP contribution in [0.15, 0.2) is 41.6 Å². The first-order chi connectivity index (χ1) is 14.6. The summed E-state index contributed by atoms with van der Waals surface area (Å²) in [6.07, 6.45) is -4.58. The van der Waals surface area contributed by atoms with E-state index in [-0.39, 0.29) is 28.8 Å². The van der Waals surface area contributed by atoms with Gasteiger partial charge in [0.25, 0.3) is 0 Å². The lowest BCUT2D eigenvalue weighted by Crippen LogP contribution is -2.36. The van der Waals surface area contributed by atoms with Crippen LogP contribution in [0, 0.1) is 6.92 Å². The molecule has 0 saturated heterocycles. The third kappa shape index (κ3) is 6.19. The molecule has 1 unspecified atom stereocenters. The van der Waals surface area contributed by atoms with Crippen LogP contribution >= 0.6 is 11.6 Å². The van der Waals surface area contributed by atoms with E-state index in [1.165, 1.54) is 33.2 Å². The van der Waals surface area contributed by atoms with Gasteiger partial charge >= 0.3 is 6.18 Å². The molecule has 6 nitrogen and oxygen atoms in total. The zero-order chi connectivity index (χ0) is 23.2. The summed E-state index contributed by atoms with van der Waals surface area (Å²) in [7, 11) is 2.91. The van der Waals surface area contributed by atoms with Crippen LogP contribution in [0.3, 0.4) is 0 Å². The van der Waals surface area contributed by atoms with E-state index >= 15 is 0 Å². The van der Waals surface area contributed by atoms with Gasteiger partial charge in [-0.05, 0) is 42.7 Å². The van der Waals surface area contributed by atoms with Gasteiger partial charge in [0.15, 0.2) is 0 Å². The van der Waals surface area contributed by atoms with Crippen molar-refractivity contribution in [2.45, 2.75) is 32.7 Å². The van der Waals surface area contributed by atoms with Crippen molar-refractivity contribution in [1.82, 2.24) is 10.8 Å². The number of amides is 1. The maximum Gasteiger partial charge on any atom is 0.417 e. The number of carbonyl (C=O) groups is 1. The van der Waals surface area contributed by atoms with E-state index in [0.29, 0.717) is 11.1 Å². The Hall–Kier alpha value is -2.62. The Bertz CT molecular complexity index is 965. The van der Waals surface area contributed by atoms with Gasteiger partial charge < -0.3 is 15.0 Å². The second kappa shape index (κ2) is 10.6. The summed E-state index contributed by atoms with van der Waals surface area (Å²) in [6, 6.07) is 8.13. The number of rotatable bonds is 8. The van der Waals surface area contributed by atoms with Gasteiger partial charge in [-0.1, -0.05) is 41.0 Å². The molecule has 0 fully saturated rings. The molecular weight excluding hydrogens is 435 g/mol. The fourth-order valence-electron chi connectivity index (χ4n) is 2.93. The molecule has 0 aliphatic heterocycles. The highest BCUT2D eigenvalue weighted by Gasteiger charge is 2.33. The largest absolute Gasteiger partial charge is 0.417 e. The maximum absolute atomic E-state index is 13.1. The molecule has 0 saturated carbocycles. The monoisotopic (exact) mass is 457 g/mol. The number of oxime groups is 1. The van der Waals surface area contributed by atoms with Crippen LogP contribution in [0.1, 0.15) is 40.8 Å². The van der Waals surface area contributed by atoms with Crippen LogP contribution < -0.4 is 10.8 Å². The van der Waals surface area contributed by atoms with Crippen molar-refractivity contribution in [3.8, 4) is 0 Å². The van der Waals surface area contributed by atoms with Crippen molar-refractivity contribution >= 4 is 23.2 Å². The summed E-state index contributed by atoms with van der Waals surface area (Å²) in [5.74, 6) is -0.311. The van der Waals surface area contributed by atoms with E-state index < -0.39 is 17.8 Å². The third-order valence-electron chi connectivity index (χ3n) is 4.60. The van der Waals surface area contributed by atoms with E-state index in [0.717, 1.165) is 11.6 Å². The maximum atomic E-state index is 13.1. The van der Waals surface area contributed by atoms with Crippen molar-refractivity contribution in [3.05, 3.63) is 69.2 Å². The molecule has 2 rings (SSSR count). The first-order valence-corrected chi connectivity index (χ1v) is 9.60. The third-order valence-corrected chi connectivity index (χ3v) is 4.93. The first kappa shape index (κ1) is 24.6. The molecule has 10 heteroatoms. The second-order valence-electron chi connectivity index (χ2n) is 6.65. The fourth-order valence-corrected chi connectivity index (χ4v) is 3.15. The number of carbonyl (C=O) groups excluding carboxylic acids is 1. The molecule has 2 aromatic rings. The molecule has 2 aromatic carbocycles. The Labute approximate surface area is 183 Å². The summed E-state index contributed by atoms with van der Waals surface area (Å²) in [5.41, 5.74) is 4.35. The normalized spacial score (nSPS) is 13.1. The lowest BCUT2D eigenvalue weighted by atomic mass is 9.96. The van der Waals surface area contributed by atoms with Gasteiger partial charge in [-0.15, -0.1) is 0 Å². The van der Waals surface area contributed by atoms with Gasteiger partial charge in [0.2, 0.25) is 5.91 Å². The fraction of sp³-hybridized carbons (Fsp3) is 0.333. The second-order valence-corrected chi connectivity index (χ2v) is 7.06. The quantitative estimate of drug-likeness (QED) is 0.451. The number of aryl methyl sites for hydroxylation is 1. The smallest absolute Gasteiger partial charge is 0.391 e. The molecule has 31 heavy (non-hydrogen) atoms. The highest BCUT2D eigenvalue weighted by molar-refractivity contribution is 6.31. The predicted octanol–water partition coefficient (Wildman–Crippen LogP) is 4.55. The standard InChI is InChI=1S/C21H23ClF3N3O3/c1-12-6-5-7-15(19(28-30-4)20(29)26-3)16(12)11-31-27-13(2)14-8-9-18(22)17(10-14)21(23,24)25/h5-10,19,28H,11H2,1-4H3,(H,26,29)/b27-13+. The van der Waals surface area contributed by atoms with Crippen LogP contribution in [0.5, 0.6) is 0 Å². The zero-order valence-electron chi connectivity index (χ0n) is 17.4. The molecule has 1 amide bonds. The molecule has 2 N–H and O–H groups in total. The van der Waals surface area contributed by atoms with Gasteiger partial charge in [0.1, 0.15) is 12.6 Å². The summed E-state index contributed by atoms with van der Waals surface area (Å²) in [6.45, 7) is 3.38. The minimum atomic E-state index is -4.58. The summed E-state index contributed by atoms with van der Waals surface area (Å²) >= 11 is 5.66. The van der Waals surface area contributed by atoms with Crippen LogP contribution in [0.25, 0.3) is 0 Å². The molecule has 0 radical (unpaired) electrons. The molecule has 168 valence electrons. The van der Waals surface area contributed by atoms with E-state index in [1.54, 1.807) is 12.1 Å². The minimum Gasteiger partial charge on any atom is -0.391 e. The van der Waals surface area contributed by atoms with Crippen LogP contribution in [-0.2, 0) is 27.3 Å². The Morgan fingerprint density at radius 3 is 2.58 bits per heavy atom. The summed E-state index contributed by atoms with van der Waals surface area (Å²) in [4.78, 5) is 22.6. The molecule has 0 bridgehead atoms. The SMILES string of the molecule is CNC(=O)C(NOC)c1cccc(C)c1CO/N=C(\C)c1ccc(Cl)c(C(F)(F)F)c1. The lowest BCUT2D eigenvalue weighted by Gasteiger charge is -2.20. The Morgan fingerprint density at radius 1 is 1.26 bits per heavy atom. The number of hydrogen-bond donors (Lipinski definition) is 2. The average molecular weight is 458 g/mol. The van der Waals surface area contributed by atoms with Gasteiger partial charge in [-0.2, -0.15) is 18.7 Å². The number of hydroxylamine groups is 1. The van der Waals surface area contributed by atoms with Crippen LogP contribution in [0.4, 0.5) is 13.2 Å². The van der Waals surface area contributed by atoms with Gasteiger partial charge in [-0.25, -0.2) is 0 Å². The Morgan fingerprint density at radius 2 is 1.97 bits per heavy atom. The molecule has 0 aliphatic rings. The predicted molar refractivity (Wildman–Crippen MR) is 112 cm³/mol. The van der Waals surface area contributed by atoms with Crippen molar-refractivity contribution in [2.24, 2.45) is 5.16 Å². The lowest BCUT2D eigenvalue weighted by molar-refractivity contribution is -0.137. The summed E-state index contributed by atoms with van der Waals surface area (Å²) < 4.78 is 39.2. The zero-order valence-corrected chi connectivity index (χ0v) is 18.2. The number of halogens is 4. The van der Waals surface area contributed by atoms with Gasteiger partial charge in [-0.3, -0.25) is 4.79 Å². The number of nitrogens with one attached hydrogen (secondary N) is 2. The minimum absolute atomic E-state index is 0.00203. The number of alkyl halides is 3. The van der Waals surface area contributed by atoms with Crippen molar-refractivity contribution in [1.29, 1.82) is 0 Å². The van der Waals surface area contributed by atoms with Gasteiger partial charge in [0.05, 0.1) is 23.4 Å². The summed E-state index contributed by atoms with van der Waals surface area (Å²) in [5, 5.41) is 6.12. The van der Waals surface area contributed by atoms with Crippen molar-refractivity contribution in [3.63, 3.8) is 0 Å². The van der Waals surface area contributed by atoms with E-state index in [4.69, 9.17) is 21.3 Å². The number of nitrogens with zero attached hydrogens (tertiary/aromatic N) is 1. The highest BCUT2D eigenvalue weighted by Crippen LogP contribution is 2.35. The molecule has 0 heterocycles. The molecule has 0 spiro atoms. The van der Waals surface area contributed by atoms with E-state index in [9.17, 15) is 18.0 Å². The molecule has 1 atom stereocenters. The van der Waals surface area contributed by atoms with Crippen LogP contribution in [0.2, 0.25) is 5.02 Å².